The lowest BCUT2D eigenvalue weighted by Crippen LogP contribution is -2.44. The topological polar surface area (TPSA) is 93.0 Å². The van der Waals surface area contributed by atoms with Gasteiger partial charge in [-0.2, -0.15) is 4.31 Å². The first-order chi connectivity index (χ1) is 16.4. The van der Waals surface area contributed by atoms with E-state index < -0.39 is 10.0 Å². The number of nitrogens with zero attached hydrogens (tertiary/aromatic N) is 3. The van der Waals surface area contributed by atoms with Crippen LogP contribution >= 0.6 is 0 Å². The van der Waals surface area contributed by atoms with Gasteiger partial charge in [0.1, 0.15) is 11.4 Å². The molecule has 0 aliphatic carbocycles. The number of benzene rings is 1. The molecular weight excluding hydrogens is 454 g/mol. The highest BCUT2D eigenvalue weighted by Gasteiger charge is 2.37. The van der Waals surface area contributed by atoms with Crippen LogP contribution in [0.15, 0.2) is 33.7 Å². The molecule has 0 saturated carbocycles. The highest BCUT2D eigenvalue weighted by atomic mass is 32.2. The number of aryl methyl sites for hydroxylation is 1. The third-order valence-corrected chi connectivity index (χ3v) is 8.73. The molecule has 1 aromatic carbocycles. The largest absolute Gasteiger partial charge is 0.497 e. The van der Waals surface area contributed by atoms with Crippen molar-refractivity contribution in [3.63, 3.8) is 0 Å². The van der Waals surface area contributed by atoms with Gasteiger partial charge < -0.3 is 14.2 Å². The Bertz CT molecular complexity index is 1130. The SMILES string of the molecule is COc1cccc(C=Cc2onc(C)c2S(=O)(=O)N2CCC(C(=O)N3CCCCCC3)CC2)c1. The van der Waals surface area contributed by atoms with Gasteiger partial charge in [0.05, 0.1) is 7.11 Å². The lowest BCUT2D eigenvalue weighted by atomic mass is 9.96. The summed E-state index contributed by atoms with van der Waals surface area (Å²) in [5.74, 6) is 0.979. The second-order valence-electron chi connectivity index (χ2n) is 8.99. The minimum absolute atomic E-state index is 0.0870. The Morgan fingerprint density at radius 1 is 1.09 bits per heavy atom. The van der Waals surface area contributed by atoms with Crippen molar-refractivity contribution in [2.24, 2.45) is 5.92 Å². The number of carbonyl (C=O) groups excluding carboxylic acids is 1. The molecule has 2 aliphatic rings. The average Bonchev–Trinajstić information content (AvgIpc) is 3.05. The summed E-state index contributed by atoms with van der Waals surface area (Å²) in [6.45, 7) is 3.90. The number of sulfonamides is 1. The Morgan fingerprint density at radius 3 is 2.47 bits per heavy atom. The molecule has 0 unspecified atom stereocenters. The summed E-state index contributed by atoms with van der Waals surface area (Å²) < 4.78 is 39.1. The van der Waals surface area contributed by atoms with Crippen LogP contribution < -0.4 is 4.74 Å². The minimum Gasteiger partial charge on any atom is -0.497 e. The molecule has 0 radical (unpaired) electrons. The highest BCUT2D eigenvalue weighted by molar-refractivity contribution is 7.89. The predicted molar refractivity (Wildman–Crippen MR) is 130 cm³/mol. The van der Waals surface area contributed by atoms with Gasteiger partial charge in [-0.05, 0) is 56.4 Å². The fourth-order valence-electron chi connectivity index (χ4n) is 4.74. The van der Waals surface area contributed by atoms with E-state index in [1.807, 2.05) is 29.2 Å². The molecular formula is C25H33N3O5S. The number of piperidine rings is 1. The van der Waals surface area contributed by atoms with Crippen LogP contribution in [0.2, 0.25) is 0 Å². The van der Waals surface area contributed by atoms with Crippen molar-refractivity contribution < 1.29 is 22.5 Å². The van der Waals surface area contributed by atoms with Gasteiger partial charge in [0.25, 0.3) is 0 Å². The molecule has 2 aromatic rings. The zero-order chi connectivity index (χ0) is 24.1. The molecule has 0 N–H and O–H groups in total. The lowest BCUT2D eigenvalue weighted by molar-refractivity contribution is -0.136. The Morgan fingerprint density at radius 2 is 1.79 bits per heavy atom. The van der Waals surface area contributed by atoms with Gasteiger partial charge in [-0.1, -0.05) is 36.2 Å². The van der Waals surface area contributed by atoms with Crippen molar-refractivity contribution in [1.82, 2.24) is 14.4 Å². The number of likely N-dealkylation sites (tertiary alicyclic amines) is 1. The van der Waals surface area contributed by atoms with Crippen LogP contribution in [0.4, 0.5) is 0 Å². The quantitative estimate of drug-likeness (QED) is 0.612. The molecule has 0 bridgehead atoms. The van der Waals surface area contributed by atoms with E-state index >= 15 is 0 Å². The van der Waals surface area contributed by atoms with Gasteiger partial charge >= 0.3 is 0 Å². The highest BCUT2D eigenvalue weighted by Crippen LogP contribution is 2.30. The third-order valence-electron chi connectivity index (χ3n) is 6.67. The molecule has 184 valence electrons. The summed E-state index contributed by atoms with van der Waals surface area (Å²) in [5.41, 5.74) is 1.18. The van der Waals surface area contributed by atoms with Crippen molar-refractivity contribution in [3.8, 4) is 5.75 Å². The summed E-state index contributed by atoms with van der Waals surface area (Å²) in [6.07, 6.45) is 8.92. The van der Waals surface area contributed by atoms with Crippen molar-refractivity contribution in [2.75, 3.05) is 33.3 Å². The Kier molecular flexibility index (Phi) is 7.73. The van der Waals surface area contributed by atoms with Crippen molar-refractivity contribution in [1.29, 1.82) is 0 Å². The number of aromatic nitrogens is 1. The van der Waals surface area contributed by atoms with Gasteiger partial charge in [0, 0.05) is 32.1 Å². The first-order valence-corrected chi connectivity index (χ1v) is 13.4. The van der Waals surface area contributed by atoms with E-state index in [1.165, 1.54) is 17.1 Å². The molecule has 8 nitrogen and oxygen atoms in total. The van der Waals surface area contributed by atoms with Crippen LogP contribution in [0.1, 0.15) is 55.5 Å². The second-order valence-corrected chi connectivity index (χ2v) is 10.9. The zero-order valence-corrected chi connectivity index (χ0v) is 20.7. The molecule has 0 spiro atoms. The van der Waals surface area contributed by atoms with Crippen LogP contribution in [0.3, 0.4) is 0 Å². The van der Waals surface area contributed by atoms with Gasteiger partial charge in [-0.25, -0.2) is 8.42 Å². The first-order valence-electron chi connectivity index (χ1n) is 12.0. The monoisotopic (exact) mass is 487 g/mol. The third kappa shape index (κ3) is 5.36. The second kappa shape index (κ2) is 10.7. The van der Waals surface area contributed by atoms with E-state index in [4.69, 9.17) is 9.26 Å². The van der Waals surface area contributed by atoms with E-state index in [2.05, 4.69) is 5.16 Å². The number of methoxy groups -OCH3 is 1. The molecule has 0 atom stereocenters. The maximum atomic E-state index is 13.5. The maximum absolute atomic E-state index is 13.5. The van der Waals surface area contributed by atoms with Crippen LogP contribution in [0.5, 0.6) is 5.75 Å². The first kappa shape index (κ1) is 24.5. The normalized spacial score (nSPS) is 18.8. The molecule has 3 heterocycles. The number of carbonyl (C=O) groups is 1. The summed E-state index contributed by atoms with van der Waals surface area (Å²) in [5, 5.41) is 3.92. The molecule has 1 aromatic heterocycles. The fourth-order valence-corrected chi connectivity index (χ4v) is 6.46. The van der Waals surface area contributed by atoms with Crippen molar-refractivity contribution in [3.05, 3.63) is 41.3 Å². The standard InChI is InChI=1S/C25H33N3O5S/c1-19-24(23(33-26-19)11-10-20-8-7-9-22(18-20)32-2)34(30,31)28-16-12-21(13-17-28)25(29)27-14-5-3-4-6-15-27/h7-11,18,21H,3-6,12-17H2,1-2H3. The van der Waals surface area contributed by atoms with E-state index in [9.17, 15) is 13.2 Å². The van der Waals surface area contributed by atoms with Crippen LogP contribution in [0, 0.1) is 12.8 Å². The molecule has 34 heavy (non-hydrogen) atoms. The van der Waals surface area contributed by atoms with E-state index in [0.29, 0.717) is 37.4 Å². The lowest BCUT2D eigenvalue weighted by Gasteiger charge is -2.33. The smallest absolute Gasteiger partial charge is 0.248 e. The Balaban J connectivity index is 1.46. The van der Waals surface area contributed by atoms with E-state index in [1.54, 1.807) is 26.2 Å². The molecule has 4 rings (SSSR count). The van der Waals surface area contributed by atoms with Crippen LogP contribution in [-0.4, -0.2) is 62.0 Å². The zero-order valence-electron chi connectivity index (χ0n) is 19.9. The van der Waals surface area contributed by atoms with E-state index in [-0.39, 0.29) is 22.5 Å². The molecule has 2 fully saturated rings. The van der Waals surface area contributed by atoms with Crippen LogP contribution in [-0.2, 0) is 14.8 Å². The number of hydrogen-bond acceptors (Lipinski definition) is 6. The van der Waals surface area contributed by atoms with Gasteiger partial charge in [-0.15, -0.1) is 0 Å². The summed E-state index contributed by atoms with van der Waals surface area (Å²) >= 11 is 0. The fraction of sp³-hybridized carbons (Fsp3) is 0.520. The van der Waals surface area contributed by atoms with Crippen molar-refractivity contribution in [2.45, 2.75) is 50.3 Å². The minimum atomic E-state index is -3.80. The van der Waals surface area contributed by atoms with Gasteiger partial charge in [-0.3, -0.25) is 4.79 Å². The molecule has 2 aliphatic heterocycles. The van der Waals surface area contributed by atoms with Crippen LogP contribution in [0.25, 0.3) is 12.2 Å². The van der Waals surface area contributed by atoms with Crippen molar-refractivity contribution >= 4 is 28.1 Å². The number of hydrogen-bond donors (Lipinski definition) is 0. The average molecular weight is 488 g/mol. The molecule has 1 amide bonds. The summed E-state index contributed by atoms with van der Waals surface area (Å²) in [7, 11) is -2.21. The Hall–Kier alpha value is -2.65. The number of ether oxygens (including phenoxy) is 1. The number of amides is 1. The summed E-state index contributed by atoms with van der Waals surface area (Å²) in [6, 6.07) is 7.44. The Labute approximate surface area is 201 Å². The molecule has 9 heteroatoms. The van der Waals surface area contributed by atoms with Gasteiger partial charge in [0.2, 0.25) is 15.9 Å². The van der Waals surface area contributed by atoms with E-state index in [0.717, 1.165) is 31.5 Å². The predicted octanol–water partition coefficient (Wildman–Crippen LogP) is 3.97. The van der Waals surface area contributed by atoms with Gasteiger partial charge in [0.15, 0.2) is 10.7 Å². The number of rotatable bonds is 6. The molecule has 2 saturated heterocycles. The maximum Gasteiger partial charge on any atom is 0.248 e. The summed E-state index contributed by atoms with van der Waals surface area (Å²) in [4.78, 5) is 15.0.